The highest BCUT2D eigenvalue weighted by atomic mass is 19.4. The van der Waals surface area contributed by atoms with Crippen molar-refractivity contribution in [2.45, 2.75) is 59.9 Å². The Labute approximate surface area is 150 Å². The van der Waals surface area contributed by atoms with Crippen LogP contribution in [0.4, 0.5) is 61.6 Å². The topological polar surface area (TPSA) is 35.5 Å². The van der Waals surface area contributed by atoms with Gasteiger partial charge in [-0.2, -0.15) is 48.3 Å². The van der Waals surface area contributed by atoms with Gasteiger partial charge in [-0.3, -0.25) is 9.53 Å². The van der Waals surface area contributed by atoms with Gasteiger partial charge in [0, 0.05) is 0 Å². The molecule has 0 amide bonds. The Hall–Kier alpha value is -1.39. The quantitative estimate of drug-likeness (QED) is 0.329. The Morgan fingerprint density at radius 2 is 1.00 bits per heavy atom. The smallest absolute Gasteiger partial charge is 0.261 e. The fraction of sp³-hybridized carbons (Fsp3) is 0.909. The molecule has 2 atom stereocenters. The second kappa shape index (κ2) is 12.9. The molecule has 0 radical (unpaired) electrons. The van der Waals surface area contributed by atoms with Gasteiger partial charge in [0.05, 0.1) is 0 Å². The summed E-state index contributed by atoms with van der Waals surface area (Å²) in [7, 11) is 0. The van der Waals surface area contributed by atoms with Crippen LogP contribution in [0.5, 0.6) is 0 Å². The summed E-state index contributed by atoms with van der Waals surface area (Å²) in [6.45, 7) is -1.75. The monoisotopic (exact) mass is 464 g/mol. The van der Waals surface area contributed by atoms with Crippen molar-refractivity contribution in [2.24, 2.45) is 0 Å². The van der Waals surface area contributed by atoms with E-state index in [-0.39, 0.29) is 29.7 Å². The normalized spacial score (nSPS) is 15.5. The van der Waals surface area contributed by atoms with Crippen molar-refractivity contribution in [3.63, 3.8) is 0 Å². The third-order valence-corrected chi connectivity index (χ3v) is 1.73. The van der Waals surface area contributed by atoms with Crippen molar-refractivity contribution in [1.29, 1.82) is 0 Å². The standard InChI is InChI=1S/C6F12O3.CH2F2.4CH4/c7-1(19)2(8,4(10,11)12)20-6(16,17)3(9,21-18)5(13,14)15;2-1-3;;;;/h;1H2;4*1H4. The van der Waals surface area contributed by atoms with Crippen molar-refractivity contribution >= 4 is 6.04 Å². The third kappa shape index (κ3) is 8.32. The maximum Gasteiger partial charge on any atom is 0.461 e. The van der Waals surface area contributed by atoms with Gasteiger partial charge in [0.25, 0.3) is 0 Å². The number of carbonyl (C=O) groups excluding carboxylic acids is 1. The van der Waals surface area contributed by atoms with E-state index in [1.165, 1.54) is 4.94 Å². The molecule has 3 nitrogen and oxygen atoms in total. The summed E-state index contributed by atoms with van der Waals surface area (Å²) in [5.41, 5.74) is 0. The van der Waals surface area contributed by atoms with Crippen LogP contribution in [0.25, 0.3) is 0 Å². The van der Waals surface area contributed by atoms with E-state index in [1.54, 1.807) is 4.74 Å². The zero-order chi connectivity index (χ0) is 20.2. The van der Waals surface area contributed by atoms with E-state index in [0.29, 0.717) is 0 Å². The highest BCUT2D eigenvalue weighted by molar-refractivity contribution is 5.77. The molecule has 28 heavy (non-hydrogen) atoms. The molecular formula is C11H18F14O3. The third-order valence-electron chi connectivity index (χ3n) is 1.73. The van der Waals surface area contributed by atoms with E-state index >= 15 is 0 Å². The fourth-order valence-electron chi connectivity index (χ4n) is 0.705. The first-order chi connectivity index (χ1) is 10.4. The Morgan fingerprint density at radius 3 is 1.14 bits per heavy atom. The first kappa shape index (κ1) is 41.1. The molecule has 178 valence electrons. The maximum absolute atomic E-state index is 12.7. The summed E-state index contributed by atoms with van der Waals surface area (Å²) in [5.74, 6) is -13.6. The predicted molar refractivity (Wildman–Crippen MR) is 68.1 cm³/mol. The minimum absolute atomic E-state index is 0. The molecule has 0 aliphatic heterocycles. The van der Waals surface area contributed by atoms with Gasteiger partial charge in [0.1, 0.15) is 0 Å². The highest BCUT2D eigenvalue weighted by Crippen LogP contribution is 2.51. The van der Waals surface area contributed by atoms with Gasteiger partial charge in [-0.1, -0.05) is 29.7 Å². The number of hydrogen-bond donors (Lipinski definition) is 0. The lowest BCUT2D eigenvalue weighted by atomic mass is 10.2. The van der Waals surface area contributed by atoms with E-state index in [9.17, 15) is 66.4 Å². The highest BCUT2D eigenvalue weighted by Gasteiger charge is 2.81. The molecule has 17 heteroatoms. The predicted octanol–water partition coefficient (Wildman–Crippen LogP) is 6.88. The fourth-order valence-corrected chi connectivity index (χ4v) is 0.705. The van der Waals surface area contributed by atoms with E-state index in [2.05, 4.69) is 0 Å². The summed E-state index contributed by atoms with van der Waals surface area (Å²) in [5, 5.41) is 0. The first-order valence-electron chi connectivity index (χ1n) is 4.58. The van der Waals surface area contributed by atoms with Gasteiger partial charge >= 0.3 is 36.2 Å². The van der Waals surface area contributed by atoms with E-state index in [4.69, 9.17) is 0 Å². The number of halogens is 14. The van der Waals surface area contributed by atoms with Crippen LogP contribution in [-0.2, 0) is 14.5 Å². The lowest BCUT2D eigenvalue weighted by molar-refractivity contribution is -0.526. The molecule has 0 fully saturated rings. The van der Waals surface area contributed by atoms with Crippen LogP contribution < -0.4 is 0 Å². The Morgan fingerprint density at radius 1 is 0.714 bits per heavy atom. The van der Waals surface area contributed by atoms with Crippen LogP contribution >= 0.6 is 0 Å². The van der Waals surface area contributed by atoms with Gasteiger partial charge in [-0.25, -0.2) is 8.78 Å². The molecule has 0 aromatic heterocycles. The molecule has 0 aromatic carbocycles. The van der Waals surface area contributed by atoms with E-state index < -0.39 is 43.1 Å². The van der Waals surface area contributed by atoms with Gasteiger partial charge in [0.2, 0.25) is 6.93 Å². The molecule has 0 bridgehead atoms. The van der Waals surface area contributed by atoms with Crippen molar-refractivity contribution in [1.82, 2.24) is 0 Å². The average Bonchev–Trinajstić information content (AvgIpc) is 2.34. The SMILES string of the molecule is C.C.C.C.FCF.O=C(F)C(F)(OC(F)(F)C(F)(OF)C(F)(F)F)C(F)(F)F. The Bertz CT molecular complexity index is 424. The second-order valence-electron chi connectivity index (χ2n) is 3.26. The number of hydrogen-bond acceptors (Lipinski definition) is 3. The molecule has 0 aliphatic carbocycles. The van der Waals surface area contributed by atoms with Gasteiger partial charge in [-0.15, -0.1) is 4.94 Å². The lowest BCUT2D eigenvalue weighted by Gasteiger charge is -2.34. The summed E-state index contributed by atoms with van der Waals surface area (Å²) < 4.78 is 166. The van der Waals surface area contributed by atoms with Gasteiger partial charge < -0.3 is 0 Å². The Balaban J connectivity index is -0.000000162. The van der Waals surface area contributed by atoms with Crippen molar-refractivity contribution in [3.05, 3.63) is 0 Å². The van der Waals surface area contributed by atoms with Crippen LogP contribution in [0.1, 0.15) is 29.7 Å². The van der Waals surface area contributed by atoms with Crippen LogP contribution in [-0.4, -0.2) is 43.1 Å². The van der Waals surface area contributed by atoms with Crippen LogP contribution in [0.3, 0.4) is 0 Å². The lowest BCUT2D eigenvalue weighted by Crippen LogP contribution is -2.63. The maximum atomic E-state index is 12.7. The summed E-state index contributed by atoms with van der Waals surface area (Å²) in [6, 6.07) is -4.39. The van der Waals surface area contributed by atoms with E-state index in [0.717, 1.165) is 0 Å². The number of ether oxygens (including phenoxy) is 1. The molecule has 0 saturated carbocycles. The molecule has 0 aromatic rings. The zero-order valence-electron chi connectivity index (χ0n) is 10.2. The molecule has 0 saturated heterocycles. The van der Waals surface area contributed by atoms with Gasteiger partial charge in [0.15, 0.2) is 0 Å². The molecule has 0 rings (SSSR count). The molecular weight excluding hydrogens is 446 g/mol. The second-order valence-corrected chi connectivity index (χ2v) is 3.26. The van der Waals surface area contributed by atoms with Crippen molar-refractivity contribution in [3.8, 4) is 0 Å². The van der Waals surface area contributed by atoms with Crippen molar-refractivity contribution in [2.75, 3.05) is 6.93 Å². The molecule has 2 unspecified atom stereocenters. The number of rotatable bonds is 5. The molecule has 0 aliphatic rings. The average molecular weight is 464 g/mol. The van der Waals surface area contributed by atoms with Gasteiger partial charge in [-0.05, 0) is 4.53 Å². The molecule has 0 heterocycles. The largest absolute Gasteiger partial charge is 0.461 e. The summed E-state index contributed by atoms with van der Waals surface area (Å²) >= 11 is 0. The van der Waals surface area contributed by atoms with Crippen LogP contribution in [0.15, 0.2) is 0 Å². The first-order valence-corrected chi connectivity index (χ1v) is 4.58. The van der Waals surface area contributed by atoms with E-state index in [1.807, 2.05) is 0 Å². The molecule has 0 N–H and O–H groups in total. The summed E-state index contributed by atoms with van der Waals surface area (Å²) in [4.78, 5) is 10.9. The summed E-state index contributed by atoms with van der Waals surface area (Å²) in [6.07, 6.45) is -21.2. The van der Waals surface area contributed by atoms with Crippen molar-refractivity contribution < 1.29 is 76.1 Å². The Kier molecular flexibility index (Phi) is 19.0. The zero-order valence-corrected chi connectivity index (χ0v) is 10.2. The molecule has 0 spiro atoms. The number of alkyl halides is 12. The minimum Gasteiger partial charge on any atom is -0.261 e. The van der Waals surface area contributed by atoms with Crippen LogP contribution in [0.2, 0.25) is 0 Å². The number of carbonyl (C=O) groups is 1. The minimum atomic E-state index is -7.13. The van der Waals surface area contributed by atoms with Crippen LogP contribution in [0, 0.1) is 0 Å².